The maximum absolute atomic E-state index is 13.0. The summed E-state index contributed by atoms with van der Waals surface area (Å²) in [7, 11) is 0. The summed E-state index contributed by atoms with van der Waals surface area (Å²) in [5.41, 5.74) is 7.78. The normalized spacial score (nSPS) is 10.5. The minimum atomic E-state index is -0.820. The predicted octanol–water partition coefficient (Wildman–Crippen LogP) is 1.35. The van der Waals surface area contributed by atoms with Crippen LogP contribution in [0.5, 0.6) is 5.75 Å². The summed E-state index contributed by atoms with van der Waals surface area (Å²) in [6.07, 6.45) is 1.27. The molecular weight excluding hydrogens is 241 g/mol. The Balaban J connectivity index is 2.87. The molecule has 0 amide bonds. The summed E-state index contributed by atoms with van der Waals surface area (Å²) in [5.74, 6) is -1.41. The van der Waals surface area contributed by atoms with Crippen molar-refractivity contribution in [3.8, 4) is 5.75 Å². The zero-order chi connectivity index (χ0) is 11.4. The molecule has 0 fully saturated rings. The summed E-state index contributed by atoms with van der Waals surface area (Å²) >= 11 is 10.0. The zero-order valence-corrected chi connectivity index (χ0v) is 8.94. The Hall–Kier alpha value is -1.40. The molecule has 0 spiro atoms. The van der Waals surface area contributed by atoms with Gasteiger partial charge in [-0.15, -0.1) is 0 Å². The molecular formula is C8H7ClFN3OS. The van der Waals surface area contributed by atoms with Crippen LogP contribution in [0.3, 0.4) is 0 Å². The zero-order valence-electron chi connectivity index (χ0n) is 7.37. The first-order valence-electron chi connectivity index (χ1n) is 3.77. The third-order valence-electron chi connectivity index (χ3n) is 1.43. The third-order valence-corrected chi connectivity index (χ3v) is 1.81. The largest absolute Gasteiger partial charge is 0.504 e. The molecule has 0 aliphatic rings. The van der Waals surface area contributed by atoms with Crippen LogP contribution < -0.4 is 11.2 Å². The molecule has 1 aromatic carbocycles. The second-order valence-electron chi connectivity index (χ2n) is 2.57. The van der Waals surface area contributed by atoms with E-state index in [1.165, 1.54) is 12.3 Å². The lowest BCUT2D eigenvalue weighted by Crippen LogP contribution is -2.23. The Morgan fingerprint density at radius 3 is 2.87 bits per heavy atom. The monoisotopic (exact) mass is 247 g/mol. The van der Waals surface area contributed by atoms with E-state index in [2.05, 4.69) is 22.7 Å². The second kappa shape index (κ2) is 4.90. The molecule has 7 heteroatoms. The molecule has 80 valence electrons. The maximum Gasteiger partial charge on any atom is 0.184 e. The molecule has 1 rings (SSSR count). The summed E-state index contributed by atoms with van der Waals surface area (Å²) in [6, 6.07) is 2.43. The fraction of sp³-hybridized carbons (Fsp3) is 0. The predicted molar refractivity (Wildman–Crippen MR) is 60.6 cm³/mol. The molecule has 0 bridgehead atoms. The highest BCUT2D eigenvalue weighted by Gasteiger charge is 2.06. The van der Waals surface area contributed by atoms with Gasteiger partial charge in [-0.3, -0.25) is 5.43 Å². The van der Waals surface area contributed by atoms with E-state index in [-0.39, 0.29) is 10.1 Å². The van der Waals surface area contributed by atoms with Gasteiger partial charge in [0.2, 0.25) is 0 Å². The van der Waals surface area contributed by atoms with Crippen LogP contribution in [-0.4, -0.2) is 16.4 Å². The van der Waals surface area contributed by atoms with Crippen LogP contribution in [0.15, 0.2) is 17.2 Å². The number of nitrogens with zero attached hydrogens (tertiary/aromatic N) is 1. The van der Waals surface area contributed by atoms with Gasteiger partial charge in [0.1, 0.15) is 0 Å². The standard InChI is InChI=1S/C8H7ClFN3OS/c9-5-1-4(2-6(10)7(5)14)3-12-13-8(11)15/h1-3,14H,(H3,11,13,15). The fourth-order valence-electron chi connectivity index (χ4n) is 0.830. The summed E-state index contributed by atoms with van der Waals surface area (Å²) in [4.78, 5) is 0. The Labute approximate surface area is 95.5 Å². The van der Waals surface area contributed by atoms with Crippen molar-refractivity contribution in [2.75, 3.05) is 0 Å². The molecule has 0 atom stereocenters. The minimum absolute atomic E-state index is 0.00315. The topological polar surface area (TPSA) is 70.6 Å². The van der Waals surface area contributed by atoms with Gasteiger partial charge in [0.25, 0.3) is 0 Å². The van der Waals surface area contributed by atoms with E-state index in [0.29, 0.717) is 5.56 Å². The van der Waals surface area contributed by atoms with Crippen molar-refractivity contribution in [1.29, 1.82) is 0 Å². The van der Waals surface area contributed by atoms with Crippen molar-refractivity contribution < 1.29 is 9.50 Å². The quantitative estimate of drug-likeness (QED) is 0.419. The smallest absolute Gasteiger partial charge is 0.184 e. The van der Waals surface area contributed by atoms with Gasteiger partial charge in [0.15, 0.2) is 16.7 Å². The van der Waals surface area contributed by atoms with E-state index >= 15 is 0 Å². The van der Waals surface area contributed by atoms with E-state index < -0.39 is 11.6 Å². The molecule has 4 nitrogen and oxygen atoms in total. The first kappa shape index (κ1) is 11.7. The first-order chi connectivity index (χ1) is 7.00. The number of hydrazone groups is 1. The van der Waals surface area contributed by atoms with Crippen LogP contribution >= 0.6 is 23.8 Å². The maximum atomic E-state index is 13.0. The summed E-state index contributed by atoms with van der Waals surface area (Å²) < 4.78 is 13.0. The minimum Gasteiger partial charge on any atom is -0.504 e. The summed E-state index contributed by atoms with van der Waals surface area (Å²) in [5, 5.41) is 12.5. The Morgan fingerprint density at radius 1 is 1.67 bits per heavy atom. The Kier molecular flexibility index (Phi) is 3.81. The molecule has 0 saturated heterocycles. The number of aromatic hydroxyl groups is 1. The summed E-state index contributed by atoms with van der Waals surface area (Å²) in [6.45, 7) is 0. The first-order valence-corrected chi connectivity index (χ1v) is 4.56. The van der Waals surface area contributed by atoms with Crippen molar-refractivity contribution in [2.24, 2.45) is 10.8 Å². The number of rotatable bonds is 2. The lowest BCUT2D eigenvalue weighted by atomic mass is 10.2. The van der Waals surface area contributed by atoms with Crippen molar-refractivity contribution in [1.82, 2.24) is 5.43 Å². The molecule has 0 aromatic heterocycles. The van der Waals surface area contributed by atoms with Gasteiger partial charge < -0.3 is 10.8 Å². The lowest BCUT2D eigenvalue weighted by molar-refractivity contribution is 0.432. The SMILES string of the molecule is NC(=S)NN=Cc1cc(F)c(O)c(Cl)c1. The second-order valence-corrected chi connectivity index (χ2v) is 3.41. The molecule has 0 saturated carbocycles. The van der Waals surface area contributed by atoms with Crippen LogP contribution in [0, 0.1) is 5.82 Å². The fourth-order valence-corrected chi connectivity index (χ4v) is 1.10. The average molecular weight is 248 g/mol. The molecule has 0 radical (unpaired) electrons. The molecule has 0 unspecified atom stereocenters. The molecule has 15 heavy (non-hydrogen) atoms. The van der Waals surface area contributed by atoms with Gasteiger partial charge >= 0.3 is 0 Å². The number of thiocarbonyl (C=S) groups is 1. The number of phenolic OH excluding ortho intramolecular Hbond substituents is 1. The van der Waals surface area contributed by atoms with Crippen molar-refractivity contribution >= 4 is 35.1 Å². The van der Waals surface area contributed by atoms with Gasteiger partial charge in [-0.2, -0.15) is 5.10 Å². The number of nitrogens with one attached hydrogen (secondary N) is 1. The third kappa shape index (κ3) is 3.34. The highest BCUT2D eigenvalue weighted by atomic mass is 35.5. The van der Waals surface area contributed by atoms with Gasteiger partial charge in [-0.25, -0.2) is 4.39 Å². The van der Waals surface area contributed by atoms with Gasteiger partial charge in [-0.05, 0) is 29.9 Å². The number of hydrogen-bond donors (Lipinski definition) is 3. The number of benzene rings is 1. The van der Waals surface area contributed by atoms with Crippen LogP contribution in [0.1, 0.15) is 5.56 Å². The van der Waals surface area contributed by atoms with Crippen LogP contribution in [0.2, 0.25) is 5.02 Å². The van der Waals surface area contributed by atoms with Crippen molar-refractivity contribution in [3.05, 3.63) is 28.5 Å². The molecule has 0 aliphatic heterocycles. The highest BCUT2D eigenvalue weighted by molar-refractivity contribution is 7.80. The molecule has 0 aliphatic carbocycles. The molecule has 4 N–H and O–H groups in total. The van der Waals surface area contributed by atoms with E-state index in [9.17, 15) is 4.39 Å². The van der Waals surface area contributed by atoms with Crippen LogP contribution in [-0.2, 0) is 0 Å². The number of phenols is 1. The van der Waals surface area contributed by atoms with Crippen LogP contribution in [0.25, 0.3) is 0 Å². The van der Waals surface area contributed by atoms with Gasteiger partial charge in [0.05, 0.1) is 11.2 Å². The lowest BCUT2D eigenvalue weighted by Gasteiger charge is -2.00. The van der Waals surface area contributed by atoms with E-state index in [1.807, 2.05) is 0 Å². The van der Waals surface area contributed by atoms with Crippen LogP contribution in [0.4, 0.5) is 4.39 Å². The van der Waals surface area contributed by atoms with Crippen molar-refractivity contribution in [3.63, 3.8) is 0 Å². The van der Waals surface area contributed by atoms with E-state index in [0.717, 1.165) is 6.07 Å². The average Bonchev–Trinajstić information content (AvgIpc) is 2.13. The highest BCUT2D eigenvalue weighted by Crippen LogP contribution is 2.26. The van der Waals surface area contributed by atoms with Gasteiger partial charge in [-0.1, -0.05) is 11.6 Å². The number of hydrogen-bond acceptors (Lipinski definition) is 3. The van der Waals surface area contributed by atoms with Gasteiger partial charge in [0, 0.05) is 0 Å². The Morgan fingerprint density at radius 2 is 2.33 bits per heavy atom. The van der Waals surface area contributed by atoms with E-state index in [4.69, 9.17) is 22.4 Å². The number of nitrogens with two attached hydrogens (primary N) is 1. The van der Waals surface area contributed by atoms with E-state index in [1.54, 1.807) is 0 Å². The van der Waals surface area contributed by atoms with Crippen molar-refractivity contribution in [2.45, 2.75) is 0 Å². The number of halogens is 2. The molecule has 0 heterocycles. The molecule has 1 aromatic rings. The Bertz CT molecular complexity index is 401.